The summed E-state index contributed by atoms with van der Waals surface area (Å²) in [6.07, 6.45) is 2.59. The molecule has 15 heteroatoms. The second-order valence-electron chi connectivity index (χ2n) is 8.24. The van der Waals surface area contributed by atoms with Crippen LogP contribution >= 0.6 is 0 Å². The van der Waals surface area contributed by atoms with Crippen molar-refractivity contribution in [3.63, 3.8) is 0 Å². The predicted octanol–water partition coefficient (Wildman–Crippen LogP) is -3.60. The highest BCUT2D eigenvalue weighted by molar-refractivity contribution is 5.94. The van der Waals surface area contributed by atoms with E-state index < -0.39 is 42.0 Å². The van der Waals surface area contributed by atoms with Crippen molar-refractivity contribution in [3.05, 3.63) is 0 Å². The first-order valence-electron chi connectivity index (χ1n) is 11.5. The molecule has 1 saturated heterocycles. The Kier molecular flexibility index (Phi) is 12.9. The van der Waals surface area contributed by atoms with Crippen LogP contribution in [0.2, 0.25) is 0 Å². The molecule has 0 aromatic rings. The number of nitrogens with zero attached hydrogens (tertiary/aromatic N) is 2. The minimum absolute atomic E-state index is 0.0877. The van der Waals surface area contributed by atoms with Crippen LogP contribution in [0.1, 0.15) is 45.4 Å². The number of amides is 3. The summed E-state index contributed by atoms with van der Waals surface area (Å²) in [5.74, 6) is -3.02. The van der Waals surface area contributed by atoms with E-state index in [0.717, 1.165) is 6.42 Å². The van der Waals surface area contributed by atoms with Gasteiger partial charge in [0, 0.05) is 13.1 Å². The third-order valence-electron chi connectivity index (χ3n) is 5.26. The summed E-state index contributed by atoms with van der Waals surface area (Å²) in [6, 6.07) is -3.59. The number of carboxylic acid groups (broad SMARTS) is 1. The molecule has 0 aliphatic carbocycles. The molecular weight excluding hydrogens is 460 g/mol. The number of rotatable bonds is 15. The summed E-state index contributed by atoms with van der Waals surface area (Å²) in [5.41, 5.74) is 21.3. The highest BCUT2D eigenvalue weighted by Gasteiger charge is 2.30. The zero-order chi connectivity index (χ0) is 26.4. The first-order valence-corrected chi connectivity index (χ1v) is 11.5. The van der Waals surface area contributed by atoms with E-state index in [0.29, 0.717) is 25.8 Å². The van der Waals surface area contributed by atoms with E-state index in [-0.39, 0.29) is 43.8 Å². The lowest BCUT2D eigenvalue weighted by molar-refractivity contribution is -0.141. The average molecular weight is 499 g/mol. The van der Waals surface area contributed by atoms with Gasteiger partial charge >= 0.3 is 5.97 Å². The minimum Gasteiger partial charge on any atom is -0.480 e. The number of carbonyl (C=O) groups is 4. The van der Waals surface area contributed by atoms with Crippen molar-refractivity contribution in [1.29, 1.82) is 0 Å². The van der Waals surface area contributed by atoms with Crippen LogP contribution in [0.25, 0.3) is 0 Å². The van der Waals surface area contributed by atoms with Crippen LogP contribution in [-0.4, -0.2) is 84.5 Å². The molecular formula is C20H38N10O5. The zero-order valence-electron chi connectivity index (χ0n) is 20.0. The Labute approximate surface area is 203 Å². The SMILES string of the molecule is CC(NC(=O)C(CCCN=C(N)N)NC(=O)C(CCCN=C(N)N)NC(=O)C1CCCN1)C(=O)O. The number of nitrogens with two attached hydrogens (primary N) is 4. The van der Waals surface area contributed by atoms with Crippen molar-refractivity contribution in [2.45, 2.75) is 69.6 Å². The number of carboxylic acids is 1. The molecule has 1 aliphatic heterocycles. The van der Waals surface area contributed by atoms with Crippen LogP contribution < -0.4 is 44.2 Å². The minimum atomic E-state index is -1.22. The average Bonchev–Trinajstić information content (AvgIpc) is 3.32. The molecule has 1 rings (SSSR count). The number of hydrogen-bond acceptors (Lipinski definition) is 7. The maximum absolute atomic E-state index is 13.1. The van der Waals surface area contributed by atoms with E-state index in [1.54, 1.807) is 0 Å². The van der Waals surface area contributed by atoms with Crippen LogP contribution in [0.5, 0.6) is 0 Å². The van der Waals surface area contributed by atoms with Crippen LogP contribution in [0.15, 0.2) is 9.98 Å². The van der Waals surface area contributed by atoms with Crippen molar-refractivity contribution >= 4 is 35.6 Å². The first kappa shape index (κ1) is 29.4. The molecule has 1 heterocycles. The zero-order valence-corrected chi connectivity index (χ0v) is 20.0. The molecule has 4 atom stereocenters. The van der Waals surface area contributed by atoms with E-state index >= 15 is 0 Å². The van der Waals surface area contributed by atoms with Crippen molar-refractivity contribution in [2.24, 2.45) is 32.9 Å². The van der Waals surface area contributed by atoms with Gasteiger partial charge < -0.3 is 49.3 Å². The molecule has 1 fully saturated rings. The molecule has 3 amide bonds. The lowest BCUT2D eigenvalue weighted by atomic mass is 10.1. The van der Waals surface area contributed by atoms with E-state index in [2.05, 4.69) is 31.3 Å². The highest BCUT2D eigenvalue weighted by Crippen LogP contribution is 2.08. The number of aliphatic imine (C=N–C) groups is 2. The maximum atomic E-state index is 13.1. The summed E-state index contributed by atoms with van der Waals surface area (Å²) >= 11 is 0. The smallest absolute Gasteiger partial charge is 0.325 e. The Morgan fingerprint density at radius 3 is 1.89 bits per heavy atom. The quantitative estimate of drug-likeness (QED) is 0.0608. The number of nitrogens with one attached hydrogen (secondary N) is 4. The Balaban J connectivity index is 2.92. The number of carbonyl (C=O) groups excluding carboxylic acids is 3. The van der Waals surface area contributed by atoms with Gasteiger partial charge in [-0.1, -0.05) is 0 Å². The third kappa shape index (κ3) is 11.9. The Morgan fingerprint density at radius 2 is 1.43 bits per heavy atom. The topological polar surface area (TPSA) is 265 Å². The van der Waals surface area contributed by atoms with Gasteiger partial charge in [0.05, 0.1) is 6.04 Å². The van der Waals surface area contributed by atoms with Gasteiger partial charge in [0.2, 0.25) is 17.7 Å². The molecule has 13 N–H and O–H groups in total. The molecule has 198 valence electrons. The lowest BCUT2D eigenvalue weighted by Crippen LogP contribution is -2.56. The summed E-state index contributed by atoms with van der Waals surface area (Å²) < 4.78 is 0. The normalized spacial score (nSPS) is 17.3. The van der Waals surface area contributed by atoms with E-state index in [4.69, 9.17) is 28.0 Å². The summed E-state index contributed by atoms with van der Waals surface area (Å²) in [4.78, 5) is 57.3. The number of hydrogen-bond donors (Lipinski definition) is 9. The van der Waals surface area contributed by atoms with Crippen LogP contribution in [0.3, 0.4) is 0 Å². The summed E-state index contributed by atoms with van der Waals surface area (Å²) in [5, 5.41) is 19.8. The van der Waals surface area contributed by atoms with E-state index in [9.17, 15) is 19.2 Å². The van der Waals surface area contributed by atoms with E-state index in [1.807, 2.05) is 0 Å². The second-order valence-corrected chi connectivity index (χ2v) is 8.24. The number of guanidine groups is 2. The highest BCUT2D eigenvalue weighted by atomic mass is 16.4. The molecule has 0 saturated carbocycles. The van der Waals surface area contributed by atoms with Crippen molar-refractivity contribution in [1.82, 2.24) is 21.3 Å². The molecule has 0 bridgehead atoms. The fourth-order valence-corrected chi connectivity index (χ4v) is 3.37. The van der Waals surface area contributed by atoms with Gasteiger partial charge in [0.1, 0.15) is 18.1 Å². The monoisotopic (exact) mass is 498 g/mol. The number of aliphatic carboxylic acids is 1. The lowest BCUT2D eigenvalue weighted by Gasteiger charge is -2.24. The van der Waals surface area contributed by atoms with Crippen molar-refractivity contribution in [2.75, 3.05) is 19.6 Å². The van der Waals surface area contributed by atoms with Crippen molar-refractivity contribution in [3.8, 4) is 0 Å². The Hall–Kier alpha value is -3.62. The molecule has 0 radical (unpaired) electrons. The van der Waals surface area contributed by atoms with Gasteiger partial charge in [-0.2, -0.15) is 0 Å². The molecule has 1 aliphatic rings. The van der Waals surface area contributed by atoms with Gasteiger partial charge in [0.25, 0.3) is 0 Å². The first-order chi connectivity index (χ1) is 16.5. The van der Waals surface area contributed by atoms with Gasteiger partial charge in [-0.15, -0.1) is 0 Å². The van der Waals surface area contributed by atoms with Gasteiger partial charge in [-0.3, -0.25) is 29.2 Å². The van der Waals surface area contributed by atoms with Gasteiger partial charge in [-0.05, 0) is 52.0 Å². The molecule has 0 aromatic heterocycles. The van der Waals surface area contributed by atoms with Gasteiger partial charge in [0.15, 0.2) is 11.9 Å². The standard InChI is InChI=1S/C20H38N10O5/c1-11(18(34)35)28-16(32)13(6-3-9-26-19(21)22)30-17(33)14(7-4-10-27-20(23)24)29-15(31)12-5-2-8-25-12/h11-14,25H,2-10H2,1H3,(H,28,32)(H,29,31)(H,30,33)(H,34,35)(H4,21,22,26)(H4,23,24,27). The fraction of sp³-hybridized carbons (Fsp3) is 0.700. The third-order valence-corrected chi connectivity index (χ3v) is 5.26. The van der Waals surface area contributed by atoms with Crippen LogP contribution in [-0.2, 0) is 19.2 Å². The van der Waals surface area contributed by atoms with Crippen LogP contribution in [0, 0.1) is 0 Å². The van der Waals surface area contributed by atoms with E-state index in [1.165, 1.54) is 6.92 Å². The summed E-state index contributed by atoms with van der Waals surface area (Å²) in [7, 11) is 0. The fourth-order valence-electron chi connectivity index (χ4n) is 3.37. The molecule has 0 aromatic carbocycles. The molecule has 15 nitrogen and oxygen atoms in total. The molecule has 4 unspecified atom stereocenters. The largest absolute Gasteiger partial charge is 0.480 e. The maximum Gasteiger partial charge on any atom is 0.325 e. The Morgan fingerprint density at radius 1 is 0.914 bits per heavy atom. The Bertz CT molecular complexity index is 789. The van der Waals surface area contributed by atoms with Gasteiger partial charge in [-0.25, -0.2) is 0 Å². The molecule has 0 spiro atoms. The predicted molar refractivity (Wildman–Crippen MR) is 130 cm³/mol. The van der Waals surface area contributed by atoms with Crippen molar-refractivity contribution < 1.29 is 24.3 Å². The molecule has 35 heavy (non-hydrogen) atoms. The second kappa shape index (κ2) is 15.3. The summed E-state index contributed by atoms with van der Waals surface area (Å²) in [6.45, 7) is 2.48. The van der Waals surface area contributed by atoms with Crippen LogP contribution in [0.4, 0.5) is 0 Å².